The van der Waals surface area contributed by atoms with Gasteiger partial charge in [0.05, 0.1) is 32.8 Å². The highest BCUT2D eigenvalue weighted by Crippen LogP contribution is 2.48. The molecule has 2 N–H and O–H groups in total. The summed E-state index contributed by atoms with van der Waals surface area (Å²) in [6.45, 7) is 1.72. The summed E-state index contributed by atoms with van der Waals surface area (Å²) in [4.78, 5) is 24.6. The summed E-state index contributed by atoms with van der Waals surface area (Å²) in [5, 5.41) is 9.57. The lowest BCUT2D eigenvalue weighted by Gasteiger charge is -2.30. The lowest BCUT2D eigenvalue weighted by molar-refractivity contribution is -0.144. The third-order valence-electron chi connectivity index (χ3n) is 3.81. The predicted octanol–water partition coefficient (Wildman–Crippen LogP) is 1.98. The van der Waals surface area contributed by atoms with Gasteiger partial charge in [-0.2, -0.15) is 5.26 Å². The number of carbonyl (C=O) groups excluding carboxylic acids is 2. The predicted molar refractivity (Wildman–Crippen MR) is 93.0 cm³/mol. The second kappa shape index (κ2) is 8.10. The van der Waals surface area contributed by atoms with Crippen LogP contribution in [0.25, 0.3) is 0 Å². The molecule has 1 aliphatic rings. The van der Waals surface area contributed by atoms with E-state index in [1.54, 1.807) is 19.1 Å². The van der Waals surface area contributed by atoms with Crippen molar-refractivity contribution in [3.63, 3.8) is 0 Å². The van der Waals surface area contributed by atoms with E-state index >= 15 is 0 Å². The molecule has 0 radical (unpaired) electrons. The standard InChI is InChI=1S/C17H17BrN2O6/c1-4-25-17(22)13-12(10(7-19)16(21)24-3)9-5-8(18)6-11(23-2)14(9)26-15(13)20/h5-6,10,12H,4,20H2,1-3H3. The highest BCUT2D eigenvalue weighted by molar-refractivity contribution is 9.10. The molecule has 0 amide bonds. The van der Waals surface area contributed by atoms with Crippen LogP contribution in [-0.2, 0) is 19.1 Å². The molecule has 2 unspecified atom stereocenters. The first kappa shape index (κ1) is 19.6. The fourth-order valence-corrected chi connectivity index (χ4v) is 3.18. The molecule has 8 nitrogen and oxygen atoms in total. The van der Waals surface area contributed by atoms with Gasteiger partial charge in [-0.1, -0.05) is 15.9 Å². The summed E-state index contributed by atoms with van der Waals surface area (Å²) in [6, 6.07) is 5.15. The molecule has 1 aromatic rings. The summed E-state index contributed by atoms with van der Waals surface area (Å²) in [6.07, 6.45) is 0. The van der Waals surface area contributed by atoms with Gasteiger partial charge in [0.15, 0.2) is 17.4 Å². The first-order chi connectivity index (χ1) is 12.4. The van der Waals surface area contributed by atoms with Crippen LogP contribution in [0.1, 0.15) is 18.4 Å². The number of rotatable bonds is 5. The molecule has 0 saturated heterocycles. The smallest absolute Gasteiger partial charge is 0.340 e. The van der Waals surface area contributed by atoms with Crippen molar-refractivity contribution in [2.24, 2.45) is 11.7 Å². The number of hydrogen-bond acceptors (Lipinski definition) is 8. The van der Waals surface area contributed by atoms with E-state index in [9.17, 15) is 14.9 Å². The molecule has 0 fully saturated rings. The van der Waals surface area contributed by atoms with Crippen LogP contribution in [0.2, 0.25) is 0 Å². The Labute approximate surface area is 158 Å². The Morgan fingerprint density at radius 3 is 2.65 bits per heavy atom. The number of ether oxygens (including phenoxy) is 4. The van der Waals surface area contributed by atoms with Crippen molar-refractivity contribution in [3.8, 4) is 17.6 Å². The Morgan fingerprint density at radius 2 is 2.12 bits per heavy atom. The minimum atomic E-state index is -1.33. The number of methoxy groups -OCH3 is 2. The molecule has 26 heavy (non-hydrogen) atoms. The van der Waals surface area contributed by atoms with Gasteiger partial charge in [0.1, 0.15) is 5.57 Å². The Hall–Kier alpha value is -2.73. The van der Waals surface area contributed by atoms with Crippen molar-refractivity contribution in [2.75, 3.05) is 20.8 Å². The molecule has 1 aliphatic heterocycles. The van der Waals surface area contributed by atoms with Crippen molar-refractivity contribution >= 4 is 27.9 Å². The highest BCUT2D eigenvalue weighted by Gasteiger charge is 2.44. The quantitative estimate of drug-likeness (QED) is 0.711. The Bertz CT molecular complexity index is 814. The number of nitrogens with zero attached hydrogens (tertiary/aromatic N) is 1. The molecule has 0 aromatic heterocycles. The maximum atomic E-state index is 12.5. The number of nitrogens with two attached hydrogens (primary N) is 1. The zero-order valence-corrected chi connectivity index (χ0v) is 16.0. The summed E-state index contributed by atoms with van der Waals surface area (Å²) in [5.41, 5.74) is 6.20. The molecule has 1 heterocycles. The maximum Gasteiger partial charge on any atom is 0.340 e. The van der Waals surface area contributed by atoms with E-state index < -0.39 is 23.8 Å². The van der Waals surface area contributed by atoms with E-state index in [-0.39, 0.29) is 23.8 Å². The molecule has 0 aliphatic carbocycles. The van der Waals surface area contributed by atoms with Crippen molar-refractivity contribution in [3.05, 3.63) is 33.6 Å². The average Bonchev–Trinajstić information content (AvgIpc) is 2.61. The molecule has 0 spiro atoms. The minimum Gasteiger partial charge on any atom is -0.493 e. The SMILES string of the molecule is CCOC(=O)C1=C(N)Oc2c(OC)cc(Br)cc2C1C(C#N)C(=O)OC. The van der Waals surface area contributed by atoms with Crippen LogP contribution >= 0.6 is 15.9 Å². The third kappa shape index (κ3) is 3.46. The van der Waals surface area contributed by atoms with Crippen LogP contribution in [-0.4, -0.2) is 32.8 Å². The van der Waals surface area contributed by atoms with Crippen LogP contribution in [0.5, 0.6) is 11.5 Å². The van der Waals surface area contributed by atoms with E-state index in [1.807, 2.05) is 6.07 Å². The molecule has 1 aromatic carbocycles. The lowest BCUT2D eigenvalue weighted by atomic mass is 9.79. The fourth-order valence-electron chi connectivity index (χ4n) is 2.73. The number of fused-ring (bicyclic) bond motifs is 1. The van der Waals surface area contributed by atoms with Gasteiger partial charge in [0, 0.05) is 10.0 Å². The van der Waals surface area contributed by atoms with Crippen molar-refractivity contribution in [1.82, 2.24) is 0 Å². The fraction of sp³-hybridized carbons (Fsp3) is 0.353. The topological polar surface area (TPSA) is 121 Å². The second-order valence-corrected chi connectivity index (χ2v) is 6.15. The molecular weight excluding hydrogens is 408 g/mol. The minimum absolute atomic E-state index is 0.0897. The Kier molecular flexibility index (Phi) is 6.10. The van der Waals surface area contributed by atoms with Crippen molar-refractivity contribution in [2.45, 2.75) is 12.8 Å². The number of esters is 2. The third-order valence-corrected chi connectivity index (χ3v) is 4.27. The lowest BCUT2D eigenvalue weighted by Crippen LogP contribution is -2.33. The molecule has 0 bridgehead atoms. The summed E-state index contributed by atoms with van der Waals surface area (Å²) in [7, 11) is 2.59. The van der Waals surface area contributed by atoms with E-state index in [0.29, 0.717) is 15.8 Å². The zero-order chi connectivity index (χ0) is 19.4. The van der Waals surface area contributed by atoms with Crippen molar-refractivity contribution in [1.29, 1.82) is 5.26 Å². The van der Waals surface area contributed by atoms with Crippen LogP contribution in [0.3, 0.4) is 0 Å². The molecule has 0 saturated carbocycles. The van der Waals surface area contributed by atoms with Crippen LogP contribution in [0, 0.1) is 17.2 Å². The molecule has 2 rings (SSSR count). The average molecular weight is 425 g/mol. The number of nitriles is 1. The maximum absolute atomic E-state index is 12.5. The van der Waals surface area contributed by atoms with E-state index in [0.717, 1.165) is 7.11 Å². The molecular formula is C17H17BrN2O6. The highest BCUT2D eigenvalue weighted by atomic mass is 79.9. The molecule has 9 heteroatoms. The van der Waals surface area contributed by atoms with Gasteiger partial charge in [-0.25, -0.2) is 4.79 Å². The first-order valence-electron chi connectivity index (χ1n) is 7.59. The van der Waals surface area contributed by atoms with Gasteiger partial charge < -0.3 is 24.7 Å². The van der Waals surface area contributed by atoms with Gasteiger partial charge in [0.25, 0.3) is 0 Å². The zero-order valence-electron chi connectivity index (χ0n) is 14.4. The number of carbonyl (C=O) groups is 2. The number of hydrogen-bond donors (Lipinski definition) is 1. The van der Waals surface area contributed by atoms with E-state index in [4.69, 9.17) is 24.7 Å². The van der Waals surface area contributed by atoms with Gasteiger partial charge in [-0.3, -0.25) is 4.79 Å². The Balaban J connectivity index is 2.75. The number of halogens is 1. The van der Waals surface area contributed by atoms with Gasteiger partial charge in [0.2, 0.25) is 5.88 Å². The second-order valence-electron chi connectivity index (χ2n) is 5.23. The van der Waals surface area contributed by atoms with E-state index in [1.165, 1.54) is 7.11 Å². The summed E-state index contributed by atoms with van der Waals surface area (Å²) in [5.74, 6) is -3.67. The monoisotopic (exact) mass is 424 g/mol. The van der Waals surface area contributed by atoms with E-state index in [2.05, 4.69) is 15.9 Å². The van der Waals surface area contributed by atoms with Gasteiger partial charge >= 0.3 is 11.9 Å². The van der Waals surface area contributed by atoms with Crippen molar-refractivity contribution < 1.29 is 28.5 Å². The molecule has 138 valence electrons. The normalized spacial score (nSPS) is 16.7. The van der Waals surface area contributed by atoms with Gasteiger partial charge in [-0.15, -0.1) is 0 Å². The Morgan fingerprint density at radius 1 is 1.42 bits per heavy atom. The van der Waals surface area contributed by atoms with Crippen LogP contribution < -0.4 is 15.2 Å². The van der Waals surface area contributed by atoms with Gasteiger partial charge in [-0.05, 0) is 19.1 Å². The summed E-state index contributed by atoms with van der Waals surface area (Å²) >= 11 is 3.34. The molecule has 2 atom stereocenters. The van der Waals surface area contributed by atoms with Crippen LogP contribution in [0.4, 0.5) is 0 Å². The van der Waals surface area contributed by atoms with Crippen LogP contribution in [0.15, 0.2) is 28.1 Å². The largest absolute Gasteiger partial charge is 0.493 e. The number of benzene rings is 1. The summed E-state index contributed by atoms with van der Waals surface area (Å²) < 4.78 is 21.2. The first-order valence-corrected chi connectivity index (χ1v) is 8.38.